The molecule has 1 heterocycles. The zero-order chi connectivity index (χ0) is 17.1. The number of amides is 1. The van der Waals surface area contributed by atoms with E-state index in [1.54, 1.807) is 0 Å². The van der Waals surface area contributed by atoms with Crippen LogP contribution in [0.3, 0.4) is 0 Å². The second-order valence-corrected chi connectivity index (χ2v) is 5.09. The number of carbonyl (C=O) groups excluding carboxylic acids is 1. The van der Waals surface area contributed by atoms with Crippen molar-refractivity contribution in [1.29, 1.82) is 0 Å². The number of nitrogens with one attached hydrogen (secondary N) is 1. The van der Waals surface area contributed by atoms with Gasteiger partial charge in [0, 0.05) is 0 Å². The van der Waals surface area contributed by atoms with Gasteiger partial charge < -0.3 is 10.2 Å². The minimum atomic E-state index is -1.42. The van der Waals surface area contributed by atoms with Crippen LogP contribution in [0.15, 0.2) is 24.4 Å². The Hall–Kier alpha value is -3.34. The fourth-order valence-electron chi connectivity index (χ4n) is 1.62. The largest absolute Gasteiger partial charge is 0.478 e. The maximum atomic E-state index is 12.1. The first kappa shape index (κ1) is 16.0. The number of rotatable bonds is 5. The van der Waals surface area contributed by atoms with Crippen molar-refractivity contribution < 1.29 is 29.5 Å². The monoisotopic (exact) mass is 337 g/mol. The maximum Gasteiger partial charge on any atom is 0.345 e. The van der Waals surface area contributed by atoms with Crippen molar-refractivity contribution in [1.82, 2.24) is 4.98 Å². The van der Waals surface area contributed by atoms with Gasteiger partial charge in [-0.25, -0.2) is 14.6 Å². The second kappa shape index (κ2) is 6.19. The number of thiazole rings is 1. The van der Waals surface area contributed by atoms with E-state index >= 15 is 0 Å². The number of hydrogen-bond donors (Lipinski definition) is 3. The zero-order valence-electron chi connectivity index (χ0n) is 11.0. The van der Waals surface area contributed by atoms with Crippen molar-refractivity contribution in [3.05, 3.63) is 51.2 Å². The van der Waals surface area contributed by atoms with E-state index in [0.717, 1.165) is 24.4 Å². The SMILES string of the molecule is O=C(O)c1ccc(C(=O)O)c(C(=O)Nc2ncc([N+](=O)[O-])s2)c1. The molecular formula is C12H7N3O7S. The average molecular weight is 337 g/mol. The standard InChI is InChI=1S/C12H7N3O7S/c16-9(14-12-13-4-8(23-12)15(21)22)7-3-5(10(17)18)1-2-6(7)11(19)20/h1-4H,(H,17,18)(H,19,20)(H,13,14,16). The van der Waals surface area contributed by atoms with Gasteiger partial charge in [-0.2, -0.15) is 0 Å². The highest BCUT2D eigenvalue weighted by Crippen LogP contribution is 2.25. The first-order valence-electron chi connectivity index (χ1n) is 5.82. The molecule has 0 spiro atoms. The molecule has 0 aliphatic rings. The van der Waals surface area contributed by atoms with E-state index < -0.39 is 33.9 Å². The number of hydrogen-bond acceptors (Lipinski definition) is 7. The highest BCUT2D eigenvalue weighted by Gasteiger charge is 2.21. The third-order valence-electron chi connectivity index (χ3n) is 2.64. The molecule has 1 amide bonds. The lowest BCUT2D eigenvalue weighted by molar-refractivity contribution is -0.380. The van der Waals surface area contributed by atoms with Gasteiger partial charge in [0.05, 0.1) is 21.6 Å². The van der Waals surface area contributed by atoms with Crippen LogP contribution in [0, 0.1) is 10.1 Å². The second-order valence-electron chi connectivity index (χ2n) is 4.09. The fraction of sp³-hybridized carbons (Fsp3) is 0. The van der Waals surface area contributed by atoms with Gasteiger partial charge in [0.1, 0.15) is 6.20 Å². The summed E-state index contributed by atoms with van der Waals surface area (Å²) in [4.78, 5) is 47.7. The molecule has 10 nitrogen and oxygen atoms in total. The molecule has 2 rings (SSSR count). The first-order chi connectivity index (χ1) is 10.8. The molecule has 0 saturated heterocycles. The summed E-state index contributed by atoms with van der Waals surface area (Å²) in [6.45, 7) is 0. The van der Waals surface area contributed by atoms with Crippen molar-refractivity contribution in [3.63, 3.8) is 0 Å². The first-order valence-corrected chi connectivity index (χ1v) is 6.63. The maximum absolute atomic E-state index is 12.1. The lowest BCUT2D eigenvalue weighted by Gasteiger charge is -2.06. The van der Waals surface area contributed by atoms with Crippen LogP contribution in [0.4, 0.5) is 10.1 Å². The molecule has 0 aliphatic carbocycles. The Labute approximate surface area is 131 Å². The number of benzene rings is 1. The smallest absolute Gasteiger partial charge is 0.345 e. The van der Waals surface area contributed by atoms with Crippen molar-refractivity contribution >= 4 is 39.3 Å². The van der Waals surface area contributed by atoms with Crippen molar-refractivity contribution in [2.75, 3.05) is 5.32 Å². The summed E-state index contributed by atoms with van der Waals surface area (Å²) < 4.78 is 0. The van der Waals surface area contributed by atoms with Gasteiger partial charge in [0.2, 0.25) is 0 Å². The number of carboxylic acid groups (broad SMARTS) is 2. The normalized spacial score (nSPS) is 10.1. The van der Waals surface area contributed by atoms with Gasteiger partial charge in [0.25, 0.3) is 5.91 Å². The number of anilines is 1. The zero-order valence-corrected chi connectivity index (χ0v) is 11.9. The van der Waals surface area contributed by atoms with Gasteiger partial charge in [-0.15, -0.1) is 0 Å². The summed E-state index contributed by atoms with van der Waals surface area (Å²) in [5.74, 6) is -3.69. The Balaban J connectivity index is 2.36. The predicted molar refractivity (Wildman–Crippen MR) is 77.1 cm³/mol. The van der Waals surface area contributed by atoms with Crippen LogP contribution in [0.5, 0.6) is 0 Å². The van der Waals surface area contributed by atoms with Crippen molar-refractivity contribution in [2.45, 2.75) is 0 Å². The molecule has 0 unspecified atom stereocenters. The van der Waals surface area contributed by atoms with Crippen LogP contribution in [0.2, 0.25) is 0 Å². The van der Waals surface area contributed by atoms with Crippen LogP contribution < -0.4 is 5.32 Å². The van der Waals surface area contributed by atoms with Crippen molar-refractivity contribution in [2.24, 2.45) is 0 Å². The van der Waals surface area contributed by atoms with E-state index in [0.29, 0.717) is 11.3 Å². The highest BCUT2D eigenvalue weighted by atomic mass is 32.1. The van der Waals surface area contributed by atoms with Crippen LogP contribution in [-0.4, -0.2) is 38.0 Å². The molecule has 0 bridgehead atoms. The molecule has 0 saturated carbocycles. The Kier molecular flexibility index (Phi) is 4.32. The van der Waals surface area contributed by atoms with E-state index in [9.17, 15) is 24.5 Å². The van der Waals surface area contributed by atoms with Crippen LogP contribution in [0.25, 0.3) is 0 Å². The number of nitrogens with zero attached hydrogens (tertiary/aromatic N) is 2. The summed E-state index contributed by atoms with van der Waals surface area (Å²) in [5.41, 5.74) is -1.07. The molecule has 2 aromatic rings. The third-order valence-corrected chi connectivity index (χ3v) is 3.50. The van der Waals surface area contributed by atoms with Gasteiger partial charge in [-0.1, -0.05) is 0 Å². The summed E-state index contributed by atoms with van der Waals surface area (Å²) in [6, 6.07) is 2.95. The average Bonchev–Trinajstić information content (AvgIpc) is 2.95. The summed E-state index contributed by atoms with van der Waals surface area (Å²) in [6.07, 6.45) is 0.937. The molecule has 118 valence electrons. The summed E-state index contributed by atoms with van der Waals surface area (Å²) >= 11 is 0.583. The van der Waals surface area contributed by atoms with Gasteiger partial charge >= 0.3 is 16.9 Å². The topological polar surface area (TPSA) is 160 Å². The Morgan fingerprint density at radius 3 is 2.39 bits per heavy atom. The number of carboxylic acids is 2. The van der Waals surface area contributed by atoms with E-state index in [-0.39, 0.29) is 15.7 Å². The van der Waals surface area contributed by atoms with E-state index in [1.807, 2.05) is 0 Å². The minimum Gasteiger partial charge on any atom is -0.478 e. The molecule has 1 aromatic heterocycles. The summed E-state index contributed by atoms with van der Waals surface area (Å²) in [5, 5.41) is 30.3. The number of aromatic nitrogens is 1. The fourth-order valence-corrected chi connectivity index (χ4v) is 2.25. The molecule has 0 aliphatic heterocycles. The van der Waals surface area contributed by atoms with E-state index in [1.165, 1.54) is 0 Å². The van der Waals surface area contributed by atoms with Gasteiger partial charge in [0.15, 0.2) is 5.13 Å². The number of carbonyl (C=O) groups is 3. The summed E-state index contributed by atoms with van der Waals surface area (Å²) in [7, 11) is 0. The Morgan fingerprint density at radius 2 is 1.87 bits per heavy atom. The van der Waals surface area contributed by atoms with Gasteiger partial charge in [-0.05, 0) is 29.5 Å². The molecule has 0 radical (unpaired) electrons. The van der Waals surface area contributed by atoms with Crippen LogP contribution in [0.1, 0.15) is 31.1 Å². The Morgan fingerprint density at radius 1 is 1.17 bits per heavy atom. The lowest BCUT2D eigenvalue weighted by Crippen LogP contribution is -2.17. The Bertz CT molecular complexity index is 830. The number of aromatic carboxylic acids is 2. The number of nitro groups is 1. The molecule has 3 N–H and O–H groups in total. The molecule has 0 fully saturated rings. The molecule has 11 heteroatoms. The predicted octanol–water partition coefficient (Wildman–Crippen LogP) is 1.70. The minimum absolute atomic E-state index is 0.112. The third kappa shape index (κ3) is 3.47. The molecule has 0 atom stereocenters. The van der Waals surface area contributed by atoms with Crippen LogP contribution in [-0.2, 0) is 0 Å². The van der Waals surface area contributed by atoms with E-state index in [4.69, 9.17) is 10.2 Å². The molecule has 23 heavy (non-hydrogen) atoms. The lowest BCUT2D eigenvalue weighted by atomic mass is 10.0. The molecule has 1 aromatic carbocycles. The van der Waals surface area contributed by atoms with Crippen LogP contribution >= 0.6 is 11.3 Å². The van der Waals surface area contributed by atoms with E-state index in [2.05, 4.69) is 10.3 Å². The van der Waals surface area contributed by atoms with Gasteiger partial charge in [-0.3, -0.25) is 20.2 Å². The van der Waals surface area contributed by atoms with Crippen molar-refractivity contribution in [3.8, 4) is 0 Å². The highest BCUT2D eigenvalue weighted by molar-refractivity contribution is 7.18. The quantitative estimate of drug-likeness (QED) is 0.549. The molecular weight excluding hydrogens is 330 g/mol.